The molecule has 114 valence electrons. The number of nitrogens with one attached hydrogen (secondary N) is 2. The molecule has 0 spiro atoms. The SMILES string of the molecule is Cc1ccc(C(=O)O)cc1NC(=O)NCCN(C)C1CC1. The van der Waals surface area contributed by atoms with Crippen LogP contribution >= 0.6 is 0 Å². The first-order chi connectivity index (χ1) is 9.97. The topological polar surface area (TPSA) is 81.7 Å². The Morgan fingerprint density at radius 2 is 2.10 bits per heavy atom. The maximum absolute atomic E-state index is 11.8. The predicted octanol–water partition coefficient (Wildman–Crippen LogP) is 1.91. The molecule has 0 heterocycles. The lowest BCUT2D eigenvalue weighted by atomic mass is 10.1. The van der Waals surface area contributed by atoms with Crippen molar-refractivity contribution in [1.29, 1.82) is 0 Å². The third-order valence-corrected chi connectivity index (χ3v) is 3.65. The van der Waals surface area contributed by atoms with Gasteiger partial charge in [-0.05, 0) is 44.5 Å². The Morgan fingerprint density at radius 1 is 1.38 bits per heavy atom. The van der Waals surface area contributed by atoms with E-state index in [2.05, 4.69) is 22.6 Å². The van der Waals surface area contributed by atoms with Gasteiger partial charge in [0.25, 0.3) is 0 Å². The highest BCUT2D eigenvalue weighted by Crippen LogP contribution is 2.24. The summed E-state index contributed by atoms with van der Waals surface area (Å²) in [6.45, 7) is 3.20. The number of hydrogen-bond acceptors (Lipinski definition) is 3. The van der Waals surface area contributed by atoms with Crippen LogP contribution in [0.4, 0.5) is 10.5 Å². The van der Waals surface area contributed by atoms with Gasteiger partial charge < -0.3 is 20.6 Å². The quantitative estimate of drug-likeness (QED) is 0.748. The lowest BCUT2D eigenvalue weighted by molar-refractivity contribution is 0.0697. The number of aromatic carboxylic acids is 1. The van der Waals surface area contributed by atoms with E-state index in [0.717, 1.165) is 12.1 Å². The number of aryl methyl sites for hydroxylation is 1. The van der Waals surface area contributed by atoms with Crippen molar-refractivity contribution in [1.82, 2.24) is 10.2 Å². The van der Waals surface area contributed by atoms with Crippen LogP contribution in [0.25, 0.3) is 0 Å². The van der Waals surface area contributed by atoms with E-state index in [-0.39, 0.29) is 11.6 Å². The number of hydrogen-bond donors (Lipinski definition) is 3. The standard InChI is InChI=1S/C15H21N3O3/c1-10-3-4-11(14(19)20)9-13(10)17-15(21)16-7-8-18(2)12-5-6-12/h3-4,9,12H,5-8H2,1-2H3,(H,19,20)(H2,16,17,21). The van der Waals surface area contributed by atoms with Gasteiger partial charge in [-0.15, -0.1) is 0 Å². The van der Waals surface area contributed by atoms with Crippen molar-refractivity contribution in [3.63, 3.8) is 0 Å². The molecule has 0 atom stereocenters. The van der Waals surface area contributed by atoms with Gasteiger partial charge in [0.05, 0.1) is 5.56 Å². The van der Waals surface area contributed by atoms with E-state index < -0.39 is 5.97 Å². The second-order valence-corrected chi connectivity index (χ2v) is 5.43. The van der Waals surface area contributed by atoms with Gasteiger partial charge in [-0.3, -0.25) is 0 Å². The predicted molar refractivity (Wildman–Crippen MR) is 80.8 cm³/mol. The van der Waals surface area contributed by atoms with Gasteiger partial charge >= 0.3 is 12.0 Å². The Balaban J connectivity index is 1.83. The summed E-state index contributed by atoms with van der Waals surface area (Å²) in [6, 6.07) is 5.02. The third-order valence-electron chi connectivity index (χ3n) is 3.65. The largest absolute Gasteiger partial charge is 0.478 e. The highest BCUT2D eigenvalue weighted by atomic mass is 16.4. The number of carboxylic acids is 1. The third kappa shape index (κ3) is 4.46. The average Bonchev–Trinajstić information content (AvgIpc) is 3.25. The van der Waals surface area contributed by atoms with E-state index >= 15 is 0 Å². The van der Waals surface area contributed by atoms with Crippen molar-refractivity contribution in [2.45, 2.75) is 25.8 Å². The van der Waals surface area contributed by atoms with Crippen LogP contribution in [0.2, 0.25) is 0 Å². The van der Waals surface area contributed by atoms with Gasteiger partial charge in [0.1, 0.15) is 0 Å². The van der Waals surface area contributed by atoms with Gasteiger partial charge in [-0.1, -0.05) is 6.07 Å². The molecule has 3 N–H and O–H groups in total. The lowest BCUT2D eigenvalue weighted by Gasteiger charge is -2.16. The molecule has 21 heavy (non-hydrogen) atoms. The summed E-state index contributed by atoms with van der Waals surface area (Å²) in [6.07, 6.45) is 2.48. The molecule has 2 rings (SSSR count). The molecule has 6 heteroatoms. The van der Waals surface area contributed by atoms with Crippen LogP contribution in [0.1, 0.15) is 28.8 Å². The van der Waals surface area contributed by atoms with E-state index in [0.29, 0.717) is 18.3 Å². The second-order valence-electron chi connectivity index (χ2n) is 5.43. The Bertz CT molecular complexity index is 541. The van der Waals surface area contributed by atoms with Crippen molar-refractivity contribution < 1.29 is 14.7 Å². The van der Waals surface area contributed by atoms with Gasteiger partial charge in [0.2, 0.25) is 0 Å². The van der Waals surface area contributed by atoms with E-state index in [1.165, 1.54) is 25.0 Å². The van der Waals surface area contributed by atoms with Crippen LogP contribution < -0.4 is 10.6 Å². The summed E-state index contributed by atoms with van der Waals surface area (Å²) in [7, 11) is 2.05. The summed E-state index contributed by atoms with van der Waals surface area (Å²) in [4.78, 5) is 25.0. The first kappa shape index (κ1) is 15.3. The van der Waals surface area contributed by atoms with Crippen molar-refractivity contribution in [3.8, 4) is 0 Å². The zero-order chi connectivity index (χ0) is 15.4. The van der Waals surface area contributed by atoms with E-state index in [4.69, 9.17) is 5.11 Å². The number of benzene rings is 1. The van der Waals surface area contributed by atoms with Crippen LogP contribution in [-0.4, -0.2) is 48.2 Å². The minimum atomic E-state index is -1.01. The van der Waals surface area contributed by atoms with Crippen molar-refractivity contribution in [3.05, 3.63) is 29.3 Å². The molecule has 1 aliphatic carbocycles. The maximum Gasteiger partial charge on any atom is 0.335 e. The summed E-state index contributed by atoms with van der Waals surface area (Å²) in [5.74, 6) is -1.01. The highest BCUT2D eigenvalue weighted by molar-refractivity contribution is 5.93. The van der Waals surface area contributed by atoms with Gasteiger partial charge in [-0.2, -0.15) is 0 Å². The zero-order valence-corrected chi connectivity index (χ0v) is 12.3. The molecule has 2 amide bonds. The summed E-state index contributed by atoms with van der Waals surface area (Å²) >= 11 is 0. The van der Waals surface area contributed by atoms with Crippen molar-refractivity contribution in [2.24, 2.45) is 0 Å². The van der Waals surface area contributed by atoms with Crippen LogP contribution in [-0.2, 0) is 0 Å². The van der Waals surface area contributed by atoms with E-state index in [1.807, 2.05) is 6.92 Å². The molecule has 1 fully saturated rings. The molecule has 1 aromatic carbocycles. The van der Waals surface area contributed by atoms with Crippen LogP contribution in [0.5, 0.6) is 0 Å². The normalized spacial score (nSPS) is 14.0. The highest BCUT2D eigenvalue weighted by Gasteiger charge is 2.25. The molecular weight excluding hydrogens is 270 g/mol. The van der Waals surface area contributed by atoms with Gasteiger partial charge in [-0.25, -0.2) is 9.59 Å². The number of anilines is 1. The minimum Gasteiger partial charge on any atom is -0.478 e. The number of carbonyl (C=O) groups is 2. The molecule has 1 aliphatic rings. The number of rotatable bonds is 6. The number of carboxylic acid groups (broad SMARTS) is 1. The fourth-order valence-corrected chi connectivity index (χ4v) is 2.10. The van der Waals surface area contributed by atoms with Crippen LogP contribution in [0.3, 0.4) is 0 Å². The number of likely N-dealkylation sites (N-methyl/N-ethyl adjacent to an activating group) is 1. The summed E-state index contributed by atoms with van der Waals surface area (Å²) in [5.41, 5.74) is 1.50. The second kappa shape index (κ2) is 6.58. The molecule has 0 aromatic heterocycles. The molecule has 0 unspecified atom stereocenters. The number of urea groups is 1. The molecule has 0 aliphatic heterocycles. The Morgan fingerprint density at radius 3 is 2.71 bits per heavy atom. The van der Waals surface area contributed by atoms with Gasteiger partial charge in [0, 0.05) is 24.8 Å². The summed E-state index contributed by atoms with van der Waals surface area (Å²) in [5, 5.41) is 14.4. The van der Waals surface area contributed by atoms with Crippen LogP contribution in [0.15, 0.2) is 18.2 Å². The fraction of sp³-hybridized carbons (Fsp3) is 0.467. The maximum atomic E-state index is 11.8. The smallest absolute Gasteiger partial charge is 0.335 e. The Kier molecular flexibility index (Phi) is 4.80. The minimum absolute atomic E-state index is 0.157. The van der Waals surface area contributed by atoms with Crippen LogP contribution in [0, 0.1) is 6.92 Å². The van der Waals surface area contributed by atoms with E-state index in [9.17, 15) is 9.59 Å². The average molecular weight is 291 g/mol. The molecule has 0 radical (unpaired) electrons. The first-order valence-corrected chi connectivity index (χ1v) is 7.06. The van der Waals surface area contributed by atoms with Gasteiger partial charge in [0.15, 0.2) is 0 Å². The Hall–Kier alpha value is -2.08. The number of amides is 2. The fourth-order valence-electron chi connectivity index (χ4n) is 2.10. The zero-order valence-electron chi connectivity index (χ0n) is 12.3. The molecule has 1 aromatic rings. The monoisotopic (exact) mass is 291 g/mol. The lowest BCUT2D eigenvalue weighted by Crippen LogP contribution is -2.36. The molecule has 0 saturated heterocycles. The molecule has 1 saturated carbocycles. The van der Waals surface area contributed by atoms with E-state index in [1.54, 1.807) is 6.07 Å². The summed E-state index contributed by atoms with van der Waals surface area (Å²) < 4.78 is 0. The molecule has 6 nitrogen and oxygen atoms in total. The Labute approximate surface area is 124 Å². The number of carbonyl (C=O) groups excluding carboxylic acids is 1. The van der Waals surface area contributed by atoms with Crippen molar-refractivity contribution in [2.75, 3.05) is 25.5 Å². The molecule has 0 bridgehead atoms. The van der Waals surface area contributed by atoms with Crippen molar-refractivity contribution >= 4 is 17.7 Å². The first-order valence-electron chi connectivity index (χ1n) is 7.06. The number of nitrogens with zero attached hydrogens (tertiary/aromatic N) is 1. The molecular formula is C15H21N3O3.